The van der Waals surface area contributed by atoms with Crippen molar-refractivity contribution in [2.45, 2.75) is 26.7 Å². The molecule has 0 spiro atoms. The SMILES string of the molecule is CCc1n[nH]c(=O)c(OC)c1CC. The topological polar surface area (TPSA) is 55.0 Å². The molecular formula is C9H14N2O2. The van der Waals surface area contributed by atoms with Crippen molar-refractivity contribution < 1.29 is 4.74 Å². The molecule has 0 aromatic carbocycles. The minimum Gasteiger partial charge on any atom is -0.491 e. The normalized spacial score (nSPS) is 10.1. The average Bonchev–Trinajstić information content (AvgIpc) is 2.17. The molecule has 0 saturated carbocycles. The van der Waals surface area contributed by atoms with Gasteiger partial charge in [-0.25, -0.2) is 5.10 Å². The van der Waals surface area contributed by atoms with Crippen LogP contribution in [0.25, 0.3) is 0 Å². The van der Waals surface area contributed by atoms with Gasteiger partial charge in [-0.1, -0.05) is 13.8 Å². The molecule has 0 aliphatic carbocycles. The molecule has 0 unspecified atom stereocenters. The lowest BCUT2D eigenvalue weighted by atomic mass is 10.1. The zero-order chi connectivity index (χ0) is 9.84. The largest absolute Gasteiger partial charge is 0.491 e. The van der Waals surface area contributed by atoms with Crippen molar-refractivity contribution >= 4 is 0 Å². The summed E-state index contributed by atoms with van der Waals surface area (Å²) < 4.78 is 5.03. The van der Waals surface area contributed by atoms with Gasteiger partial charge in [-0.15, -0.1) is 0 Å². The second-order valence-corrected chi connectivity index (χ2v) is 2.72. The van der Waals surface area contributed by atoms with Crippen LogP contribution in [0.4, 0.5) is 0 Å². The predicted octanol–water partition coefficient (Wildman–Crippen LogP) is 0.903. The summed E-state index contributed by atoms with van der Waals surface area (Å²) in [4.78, 5) is 11.3. The molecule has 0 atom stereocenters. The lowest BCUT2D eigenvalue weighted by Crippen LogP contribution is -2.16. The van der Waals surface area contributed by atoms with Crippen molar-refractivity contribution in [2.24, 2.45) is 0 Å². The number of hydrogen-bond acceptors (Lipinski definition) is 3. The van der Waals surface area contributed by atoms with Crippen LogP contribution in [-0.2, 0) is 12.8 Å². The Balaban J connectivity index is 3.36. The number of nitrogens with one attached hydrogen (secondary N) is 1. The van der Waals surface area contributed by atoms with E-state index in [2.05, 4.69) is 10.2 Å². The van der Waals surface area contributed by atoms with Gasteiger partial charge >= 0.3 is 5.56 Å². The maximum atomic E-state index is 11.3. The van der Waals surface area contributed by atoms with E-state index >= 15 is 0 Å². The lowest BCUT2D eigenvalue weighted by Gasteiger charge is -2.08. The fourth-order valence-corrected chi connectivity index (χ4v) is 1.38. The first-order chi connectivity index (χ1) is 6.24. The molecule has 13 heavy (non-hydrogen) atoms. The number of aromatic nitrogens is 2. The van der Waals surface area contributed by atoms with Crippen LogP contribution in [0.3, 0.4) is 0 Å². The molecule has 1 aromatic heterocycles. The molecule has 0 amide bonds. The number of hydrogen-bond donors (Lipinski definition) is 1. The first-order valence-corrected chi connectivity index (χ1v) is 4.39. The van der Waals surface area contributed by atoms with Gasteiger partial charge in [-0.05, 0) is 12.8 Å². The standard InChI is InChI=1S/C9H14N2O2/c1-4-6-7(5-2)10-11-9(12)8(6)13-3/h4-5H2,1-3H3,(H,11,12). The molecule has 0 radical (unpaired) electrons. The minimum absolute atomic E-state index is 0.253. The highest BCUT2D eigenvalue weighted by atomic mass is 16.5. The van der Waals surface area contributed by atoms with Gasteiger partial charge in [0.2, 0.25) is 0 Å². The van der Waals surface area contributed by atoms with Crippen molar-refractivity contribution in [1.82, 2.24) is 10.2 Å². The molecular weight excluding hydrogens is 168 g/mol. The number of aromatic amines is 1. The molecule has 72 valence electrons. The smallest absolute Gasteiger partial charge is 0.306 e. The Labute approximate surface area is 76.9 Å². The molecule has 1 aromatic rings. The Morgan fingerprint density at radius 1 is 1.38 bits per heavy atom. The van der Waals surface area contributed by atoms with Crippen molar-refractivity contribution in [3.63, 3.8) is 0 Å². The highest BCUT2D eigenvalue weighted by molar-refractivity contribution is 5.33. The molecule has 4 nitrogen and oxygen atoms in total. The average molecular weight is 182 g/mol. The van der Waals surface area contributed by atoms with E-state index < -0.39 is 0 Å². The summed E-state index contributed by atoms with van der Waals surface area (Å²) in [5.74, 6) is 0.398. The van der Waals surface area contributed by atoms with Crippen LogP contribution in [0.2, 0.25) is 0 Å². The van der Waals surface area contributed by atoms with Crippen molar-refractivity contribution in [2.75, 3.05) is 7.11 Å². The molecule has 0 saturated heterocycles. The molecule has 0 aliphatic rings. The van der Waals surface area contributed by atoms with Crippen molar-refractivity contribution in [3.05, 3.63) is 21.6 Å². The Bertz CT molecular complexity index is 344. The van der Waals surface area contributed by atoms with Crippen LogP contribution in [0.1, 0.15) is 25.1 Å². The van der Waals surface area contributed by atoms with Crippen LogP contribution in [0.15, 0.2) is 4.79 Å². The van der Waals surface area contributed by atoms with E-state index in [1.165, 1.54) is 7.11 Å². The first kappa shape index (κ1) is 9.77. The number of aryl methyl sites for hydroxylation is 1. The Hall–Kier alpha value is -1.32. The van der Waals surface area contributed by atoms with E-state index in [1.54, 1.807) is 0 Å². The van der Waals surface area contributed by atoms with E-state index in [0.29, 0.717) is 5.75 Å². The maximum Gasteiger partial charge on any atom is 0.306 e. The fraction of sp³-hybridized carbons (Fsp3) is 0.556. The molecule has 1 heterocycles. The van der Waals surface area contributed by atoms with Gasteiger partial charge < -0.3 is 4.74 Å². The maximum absolute atomic E-state index is 11.3. The van der Waals surface area contributed by atoms with Gasteiger partial charge in [0.25, 0.3) is 0 Å². The van der Waals surface area contributed by atoms with E-state index in [9.17, 15) is 4.79 Å². The third-order valence-corrected chi connectivity index (χ3v) is 2.01. The highest BCUT2D eigenvalue weighted by Crippen LogP contribution is 2.15. The number of rotatable bonds is 3. The summed E-state index contributed by atoms with van der Waals surface area (Å²) in [6.45, 7) is 3.98. The third-order valence-electron chi connectivity index (χ3n) is 2.01. The summed E-state index contributed by atoms with van der Waals surface area (Å²) in [7, 11) is 1.50. The van der Waals surface area contributed by atoms with Crippen LogP contribution >= 0.6 is 0 Å². The number of methoxy groups -OCH3 is 1. The van der Waals surface area contributed by atoms with E-state index in [0.717, 1.165) is 24.1 Å². The molecule has 0 fully saturated rings. The van der Waals surface area contributed by atoms with Gasteiger partial charge in [0.1, 0.15) is 0 Å². The fourth-order valence-electron chi connectivity index (χ4n) is 1.38. The van der Waals surface area contributed by atoms with Crippen LogP contribution in [0, 0.1) is 0 Å². The van der Waals surface area contributed by atoms with Crippen molar-refractivity contribution in [1.29, 1.82) is 0 Å². The first-order valence-electron chi connectivity index (χ1n) is 4.39. The Morgan fingerprint density at radius 3 is 2.54 bits per heavy atom. The second kappa shape index (κ2) is 4.07. The summed E-state index contributed by atoms with van der Waals surface area (Å²) >= 11 is 0. The van der Waals surface area contributed by atoms with E-state index in [1.807, 2.05) is 13.8 Å². The Kier molecular flexibility index (Phi) is 3.06. The van der Waals surface area contributed by atoms with Gasteiger partial charge in [0.15, 0.2) is 5.75 Å². The van der Waals surface area contributed by atoms with Gasteiger partial charge in [0.05, 0.1) is 12.8 Å². The molecule has 1 rings (SSSR count). The highest BCUT2D eigenvalue weighted by Gasteiger charge is 2.11. The number of nitrogens with zero attached hydrogens (tertiary/aromatic N) is 1. The molecule has 0 aliphatic heterocycles. The predicted molar refractivity (Wildman–Crippen MR) is 50.2 cm³/mol. The number of ether oxygens (including phenoxy) is 1. The minimum atomic E-state index is -0.253. The van der Waals surface area contributed by atoms with Crippen molar-refractivity contribution in [3.8, 4) is 5.75 Å². The zero-order valence-electron chi connectivity index (χ0n) is 8.18. The zero-order valence-corrected chi connectivity index (χ0v) is 8.18. The summed E-state index contributed by atoms with van der Waals surface area (Å²) in [5.41, 5.74) is 1.56. The van der Waals surface area contributed by atoms with E-state index in [-0.39, 0.29) is 5.56 Å². The number of H-pyrrole nitrogens is 1. The lowest BCUT2D eigenvalue weighted by molar-refractivity contribution is 0.400. The van der Waals surface area contributed by atoms with Gasteiger partial charge in [-0.3, -0.25) is 4.79 Å². The van der Waals surface area contributed by atoms with E-state index in [4.69, 9.17) is 4.74 Å². The summed E-state index contributed by atoms with van der Waals surface area (Å²) in [6.07, 6.45) is 1.57. The van der Waals surface area contributed by atoms with Gasteiger partial charge in [0, 0.05) is 5.56 Å². The summed E-state index contributed by atoms with van der Waals surface area (Å²) in [6, 6.07) is 0. The summed E-state index contributed by atoms with van der Waals surface area (Å²) in [5, 5.41) is 6.37. The third kappa shape index (κ3) is 1.71. The van der Waals surface area contributed by atoms with Crippen LogP contribution < -0.4 is 10.3 Å². The van der Waals surface area contributed by atoms with Crippen LogP contribution in [0.5, 0.6) is 5.75 Å². The monoisotopic (exact) mass is 182 g/mol. The van der Waals surface area contributed by atoms with Crippen LogP contribution in [-0.4, -0.2) is 17.3 Å². The van der Waals surface area contributed by atoms with Gasteiger partial charge in [-0.2, -0.15) is 5.10 Å². The molecule has 0 bridgehead atoms. The molecule has 1 N–H and O–H groups in total. The Morgan fingerprint density at radius 2 is 2.08 bits per heavy atom. The quantitative estimate of drug-likeness (QED) is 0.755. The molecule has 4 heteroatoms. The second-order valence-electron chi connectivity index (χ2n) is 2.72.